The lowest BCUT2D eigenvalue weighted by Crippen LogP contribution is -2.70. The van der Waals surface area contributed by atoms with Crippen LogP contribution >= 0.6 is 0 Å². The third kappa shape index (κ3) is 9.43. The highest BCUT2D eigenvalue weighted by molar-refractivity contribution is 6.02. The van der Waals surface area contributed by atoms with Gasteiger partial charge in [0.25, 0.3) is 0 Å². The Morgan fingerprint density at radius 1 is 1.06 bits per heavy atom. The van der Waals surface area contributed by atoms with E-state index in [1.807, 2.05) is 44.2 Å². The van der Waals surface area contributed by atoms with Gasteiger partial charge in [0.1, 0.15) is 30.8 Å². The van der Waals surface area contributed by atoms with Crippen molar-refractivity contribution in [3.63, 3.8) is 0 Å². The molecule has 0 radical (unpaired) electrons. The maximum absolute atomic E-state index is 14.2. The van der Waals surface area contributed by atoms with Crippen LogP contribution in [0.1, 0.15) is 82.3 Å². The van der Waals surface area contributed by atoms with Crippen LogP contribution in [0.4, 0.5) is 4.79 Å². The number of aromatic hydroxyl groups is 1. The van der Waals surface area contributed by atoms with Gasteiger partial charge in [-0.1, -0.05) is 67.4 Å². The van der Waals surface area contributed by atoms with E-state index in [1.165, 1.54) is 0 Å². The molecule has 11 nitrogen and oxygen atoms in total. The molecule has 0 bridgehead atoms. The third-order valence-electron chi connectivity index (χ3n) is 10.6. The zero-order chi connectivity index (χ0) is 37.6. The number of phenolic OH excluding ortho intramolecular Hbond substituents is 1. The van der Waals surface area contributed by atoms with Crippen LogP contribution in [0.2, 0.25) is 0 Å². The van der Waals surface area contributed by atoms with Gasteiger partial charge in [-0.05, 0) is 80.2 Å². The Labute approximate surface area is 314 Å². The minimum atomic E-state index is -1.37. The summed E-state index contributed by atoms with van der Waals surface area (Å²) in [5, 5.41) is 35.0. The predicted molar refractivity (Wildman–Crippen MR) is 203 cm³/mol. The van der Waals surface area contributed by atoms with Crippen LogP contribution in [0.25, 0.3) is 0 Å². The Balaban J connectivity index is 1.59. The van der Waals surface area contributed by atoms with E-state index in [9.17, 15) is 20.1 Å². The Morgan fingerprint density at radius 2 is 1.83 bits per heavy atom. The van der Waals surface area contributed by atoms with Crippen LogP contribution in [0, 0.1) is 17.8 Å². The molecule has 5 rings (SSSR count). The van der Waals surface area contributed by atoms with Crippen molar-refractivity contribution in [2.75, 3.05) is 46.2 Å². The molecule has 3 N–H and O–H groups in total. The summed E-state index contributed by atoms with van der Waals surface area (Å²) in [6, 6.07) is 14.4. The number of hydrogen-bond donors (Lipinski definition) is 3. The van der Waals surface area contributed by atoms with Crippen molar-refractivity contribution >= 4 is 11.8 Å². The first-order chi connectivity index (χ1) is 25.9. The van der Waals surface area contributed by atoms with Gasteiger partial charge < -0.3 is 39.1 Å². The molecule has 6 atom stereocenters. The lowest BCUT2D eigenvalue weighted by atomic mass is 9.55. The van der Waals surface area contributed by atoms with Crippen molar-refractivity contribution in [1.29, 1.82) is 0 Å². The average Bonchev–Trinajstić information content (AvgIpc) is 3.17. The molecule has 290 valence electrons. The number of fused-ring (bicyclic) bond motifs is 2. The summed E-state index contributed by atoms with van der Waals surface area (Å²) in [5.74, 6) is -1.11. The number of carbonyl (C=O) groups is 1. The molecular formula is C42H58N2O9. The smallest absolute Gasteiger partial charge is 0.410 e. The molecule has 53 heavy (non-hydrogen) atoms. The molecule has 2 aromatic rings. The van der Waals surface area contributed by atoms with Crippen molar-refractivity contribution in [3.05, 3.63) is 84.0 Å². The fourth-order valence-electron chi connectivity index (χ4n) is 8.45. The SMILES string of the molecule is C=CCO[C@@]12Oc3ccc(O)cc3[C@H]3[C@H](CCCCO)[C@@H](CCCCO)C=C(C(=NOCC)C[C@@H]1N(CCC)C(=O)OCCOCc1ccccc1)[C@H]32. The number of phenols is 1. The Morgan fingerprint density at radius 3 is 2.55 bits per heavy atom. The highest BCUT2D eigenvalue weighted by atomic mass is 16.7. The molecule has 0 spiro atoms. The fourth-order valence-corrected chi connectivity index (χ4v) is 8.45. The van der Waals surface area contributed by atoms with E-state index in [-0.39, 0.29) is 63.0 Å². The number of oxime groups is 1. The lowest BCUT2D eigenvalue weighted by Gasteiger charge is -2.59. The molecule has 1 amide bonds. The predicted octanol–water partition coefficient (Wildman–Crippen LogP) is 7.11. The molecule has 2 aromatic carbocycles. The average molecular weight is 735 g/mol. The van der Waals surface area contributed by atoms with Crippen LogP contribution < -0.4 is 4.74 Å². The number of rotatable bonds is 21. The van der Waals surface area contributed by atoms with E-state index in [2.05, 4.69) is 12.7 Å². The minimum absolute atomic E-state index is 0.0711. The number of amides is 1. The van der Waals surface area contributed by atoms with E-state index in [0.29, 0.717) is 44.8 Å². The first-order valence-electron chi connectivity index (χ1n) is 19.4. The van der Waals surface area contributed by atoms with Crippen molar-refractivity contribution in [3.8, 4) is 11.5 Å². The normalized spacial score (nSPS) is 25.1. The van der Waals surface area contributed by atoms with Crippen LogP contribution in [-0.4, -0.2) is 90.0 Å². The van der Waals surface area contributed by atoms with Crippen LogP contribution in [0.3, 0.4) is 0 Å². The number of nitrogens with zero attached hydrogens (tertiary/aromatic N) is 2. The summed E-state index contributed by atoms with van der Waals surface area (Å²) in [5.41, 5.74) is 3.58. The second-order valence-corrected chi connectivity index (χ2v) is 14.1. The van der Waals surface area contributed by atoms with E-state index in [4.69, 9.17) is 28.9 Å². The summed E-state index contributed by atoms with van der Waals surface area (Å²) >= 11 is 0. The van der Waals surface area contributed by atoms with E-state index >= 15 is 0 Å². The lowest BCUT2D eigenvalue weighted by molar-refractivity contribution is -0.255. The molecular weight excluding hydrogens is 676 g/mol. The van der Waals surface area contributed by atoms with Gasteiger partial charge in [0.05, 0.1) is 31.5 Å². The van der Waals surface area contributed by atoms with Crippen molar-refractivity contribution in [1.82, 2.24) is 4.90 Å². The molecule has 1 saturated carbocycles. The minimum Gasteiger partial charge on any atom is -0.508 e. The van der Waals surface area contributed by atoms with Gasteiger partial charge >= 0.3 is 6.09 Å². The first kappa shape index (κ1) is 40.3. The second-order valence-electron chi connectivity index (χ2n) is 14.1. The summed E-state index contributed by atoms with van der Waals surface area (Å²) < 4.78 is 25.7. The van der Waals surface area contributed by atoms with Crippen LogP contribution in [0.5, 0.6) is 11.5 Å². The maximum atomic E-state index is 14.2. The summed E-state index contributed by atoms with van der Waals surface area (Å²) in [6.07, 6.45) is 9.10. The zero-order valence-corrected chi connectivity index (χ0v) is 31.4. The number of aliphatic hydroxyl groups is 2. The summed E-state index contributed by atoms with van der Waals surface area (Å²) in [7, 11) is 0. The van der Waals surface area contributed by atoms with Crippen molar-refractivity contribution in [2.24, 2.45) is 22.9 Å². The number of ether oxygens (including phenoxy) is 4. The first-order valence-corrected chi connectivity index (χ1v) is 19.4. The van der Waals surface area contributed by atoms with Gasteiger partial charge in [-0.2, -0.15) is 0 Å². The Bertz CT molecular complexity index is 1530. The largest absolute Gasteiger partial charge is 0.508 e. The quantitative estimate of drug-likeness (QED) is 0.0696. The molecule has 11 heteroatoms. The van der Waals surface area contributed by atoms with Crippen molar-refractivity contribution < 1.29 is 43.9 Å². The molecule has 0 aromatic heterocycles. The molecule has 0 saturated heterocycles. The molecule has 1 heterocycles. The van der Waals surface area contributed by atoms with E-state index in [0.717, 1.165) is 48.1 Å². The van der Waals surface area contributed by atoms with E-state index < -0.39 is 23.8 Å². The van der Waals surface area contributed by atoms with Gasteiger partial charge in [0.15, 0.2) is 0 Å². The van der Waals surface area contributed by atoms with E-state index in [1.54, 1.807) is 29.2 Å². The van der Waals surface area contributed by atoms with Gasteiger partial charge in [0, 0.05) is 37.7 Å². The van der Waals surface area contributed by atoms with Gasteiger partial charge in [-0.15, -0.1) is 6.58 Å². The topological polar surface area (TPSA) is 140 Å². The fraction of sp³-hybridized carbons (Fsp3) is 0.571. The number of allylic oxidation sites excluding steroid dienone is 1. The Kier molecular flexibility index (Phi) is 15.2. The number of unbranched alkanes of at least 4 members (excludes halogenated alkanes) is 2. The van der Waals surface area contributed by atoms with Gasteiger partial charge in [-0.25, -0.2) is 4.79 Å². The summed E-state index contributed by atoms with van der Waals surface area (Å²) in [6.45, 7) is 9.72. The molecule has 3 aliphatic rings. The number of benzene rings is 2. The third-order valence-corrected chi connectivity index (χ3v) is 10.6. The number of aliphatic hydroxyl groups excluding tert-OH is 2. The van der Waals surface area contributed by atoms with Crippen molar-refractivity contribution in [2.45, 2.75) is 89.6 Å². The number of hydrogen-bond acceptors (Lipinski definition) is 10. The molecule has 2 aliphatic carbocycles. The highest BCUT2D eigenvalue weighted by Gasteiger charge is 2.65. The standard InChI is InChI=1S/C42H58N2O9/c1-4-20-44(41(48)50-25-24-49-29-30-14-8-7-9-15-30)38-28-36(43-52-6-3)34-26-31(16-10-12-21-45)33(17-11-13-22-46)39-35-27-32(47)18-19-37(35)53-42(38,40(34)39)51-23-5-2/h5,7-9,14-15,18-19,26-27,31,33,38-40,45-47H,2,4,6,10-13,16-17,20-25,28-29H2,1,3H3/t31-,33+,38-,39+,40+,42+/m0/s1. The molecule has 1 fully saturated rings. The summed E-state index contributed by atoms with van der Waals surface area (Å²) in [4.78, 5) is 21.7. The highest BCUT2D eigenvalue weighted by Crippen LogP contribution is 2.61. The Hall–Kier alpha value is -3.90. The number of carbonyl (C=O) groups excluding carboxylic acids is 1. The molecule has 1 aliphatic heterocycles. The second kappa shape index (κ2) is 20.0. The molecule has 0 unspecified atom stereocenters. The zero-order valence-electron chi connectivity index (χ0n) is 31.4. The van der Waals surface area contributed by atoms with Crippen LogP contribution in [-0.2, 0) is 25.7 Å². The monoisotopic (exact) mass is 734 g/mol. The van der Waals surface area contributed by atoms with Crippen LogP contribution in [0.15, 0.2) is 78.0 Å². The van der Waals surface area contributed by atoms with Gasteiger partial charge in [0.2, 0.25) is 5.79 Å². The maximum Gasteiger partial charge on any atom is 0.410 e. The van der Waals surface area contributed by atoms with Gasteiger partial charge in [-0.3, -0.25) is 4.90 Å².